The highest BCUT2D eigenvalue weighted by Gasteiger charge is 2.21. The van der Waals surface area contributed by atoms with Gasteiger partial charge in [-0.05, 0) is 18.2 Å². The summed E-state index contributed by atoms with van der Waals surface area (Å²) >= 11 is 5.76. The van der Waals surface area contributed by atoms with Crippen LogP contribution in [-0.2, 0) is 17.1 Å². The summed E-state index contributed by atoms with van der Waals surface area (Å²) in [5.41, 5.74) is 0.806. The molecule has 2 aromatic heterocycles. The van der Waals surface area contributed by atoms with E-state index in [1.165, 1.54) is 30.7 Å². The molecule has 0 fully saturated rings. The van der Waals surface area contributed by atoms with Crippen LogP contribution in [0.4, 0.5) is 5.69 Å². The van der Waals surface area contributed by atoms with Gasteiger partial charge in [-0.15, -0.1) is 10.2 Å². The zero-order chi connectivity index (χ0) is 17.3. The average Bonchev–Trinajstić information content (AvgIpc) is 2.96. The van der Waals surface area contributed by atoms with E-state index >= 15 is 0 Å². The number of anilines is 1. The summed E-state index contributed by atoms with van der Waals surface area (Å²) in [7, 11) is -2.27. The number of sulfonamides is 1. The number of para-hydroxylation sites is 1. The number of aromatic hydroxyl groups is 1. The van der Waals surface area contributed by atoms with Gasteiger partial charge in [0, 0.05) is 18.8 Å². The Morgan fingerprint density at radius 3 is 2.79 bits per heavy atom. The second-order valence-corrected chi connectivity index (χ2v) is 6.98. The van der Waals surface area contributed by atoms with Crippen molar-refractivity contribution >= 4 is 27.3 Å². The minimum atomic E-state index is -4.03. The lowest BCUT2D eigenvalue weighted by molar-refractivity contribution is 0.459. The van der Waals surface area contributed by atoms with E-state index in [-0.39, 0.29) is 15.6 Å². The molecule has 8 nitrogen and oxygen atoms in total. The van der Waals surface area contributed by atoms with Crippen LogP contribution in [0.5, 0.6) is 5.75 Å². The lowest BCUT2D eigenvalue weighted by Gasteiger charge is -2.10. The number of nitrogens with zero attached hydrogens (tertiary/aromatic N) is 4. The Bertz CT molecular complexity index is 1000. The summed E-state index contributed by atoms with van der Waals surface area (Å²) in [6, 6.07) is 5.65. The molecule has 2 heterocycles. The first-order chi connectivity index (χ1) is 11.4. The number of aryl methyl sites for hydroxylation is 1. The maximum Gasteiger partial charge on any atom is 0.265 e. The third-order valence-electron chi connectivity index (χ3n) is 3.20. The summed E-state index contributed by atoms with van der Waals surface area (Å²) < 4.78 is 28.9. The first-order valence-electron chi connectivity index (χ1n) is 6.68. The molecule has 0 atom stereocenters. The highest BCUT2D eigenvalue weighted by atomic mass is 35.5. The molecule has 0 saturated carbocycles. The normalized spacial score (nSPS) is 11.4. The van der Waals surface area contributed by atoms with Crippen molar-refractivity contribution in [1.29, 1.82) is 0 Å². The van der Waals surface area contributed by atoms with Gasteiger partial charge in [-0.3, -0.25) is 9.71 Å². The molecule has 124 valence electrons. The molecule has 3 rings (SSSR count). The third-order valence-corrected chi connectivity index (χ3v) is 4.92. The maximum absolute atomic E-state index is 12.4. The summed E-state index contributed by atoms with van der Waals surface area (Å²) in [4.78, 5) is 3.68. The molecule has 24 heavy (non-hydrogen) atoms. The van der Waals surface area contributed by atoms with E-state index in [1.807, 2.05) is 0 Å². The minimum absolute atomic E-state index is 0.0520. The first kappa shape index (κ1) is 16.2. The number of nitrogens with one attached hydrogen (secondary N) is 1. The van der Waals surface area contributed by atoms with E-state index < -0.39 is 15.8 Å². The largest absolute Gasteiger partial charge is 0.505 e. The lowest BCUT2D eigenvalue weighted by atomic mass is 10.2. The molecule has 0 saturated heterocycles. The molecule has 0 spiro atoms. The molecule has 10 heteroatoms. The number of halogens is 1. The smallest absolute Gasteiger partial charge is 0.265 e. The number of hydrogen-bond donors (Lipinski definition) is 2. The van der Waals surface area contributed by atoms with Gasteiger partial charge >= 0.3 is 0 Å². The van der Waals surface area contributed by atoms with Crippen molar-refractivity contribution < 1.29 is 13.5 Å². The van der Waals surface area contributed by atoms with Gasteiger partial charge in [0.2, 0.25) is 0 Å². The van der Waals surface area contributed by atoms with E-state index in [1.54, 1.807) is 23.9 Å². The molecule has 3 aromatic rings. The Morgan fingerprint density at radius 2 is 2.08 bits per heavy atom. The van der Waals surface area contributed by atoms with Gasteiger partial charge in [0.25, 0.3) is 10.0 Å². The molecule has 0 aliphatic carbocycles. The summed E-state index contributed by atoms with van der Waals surface area (Å²) in [5.74, 6) is 0.0261. The van der Waals surface area contributed by atoms with Gasteiger partial charge < -0.3 is 9.67 Å². The molecule has 0 radical (unpaired) electrons. The predicted octanol–water partition coefficient (Wildman–Crippen LogP) is 2.04. The van der Waals surface area contributed by atoms with E-state index in [9.17, 15) is 13.5 Å². The van der Waals surface area contributed by atoms with Crippen molar-refractivity contribution in [3.8, 4) is 17.1 Å². The number of rotatable bonds is 4. The van der Waals surface area contributed by atoms with Crippen LogP contribution in [0.15, 0.2) is 47.9 Å². The third kappa shape index (κ3) is 3.03. The second-order valence-electron chi connectivity index (χ2n) is 4.92. The summed E-state index contributed by atoms with van der Waals surface area (Å²) in [6.07, 6.45) is 4.41. The fraction of sp³-hybridized carbons (Fsp3) is 0.0714. The van der Waals surface area contributed by atoms with E-state index in [0.29, 0.717) is 11.4 Å². The van der Waals surface area contributed by atoms with Crippen LogP contribution in [0.2, 0.25) is 5.02 Å². The van der Waals surface area contributed by atoms with Crippen LogP contribution in [0.1, 0.15) is 0 Å². The molecule has 0 aliphatic rings. The fourth-order valence-electron chi connectivity index (χ4n) is 2.09. The van der Waals surface area contributed by atoms with Crippen molar-refractivity contribution in [2.24, 2.45) is 7.05 Å². The fourth-order valence-corrected chi connectivity index (χ4v) is 3.47. The molecule has 1 aromatic carbocycles. The Morgan fingerprint density at radius 1 is 1.29 bits per heavy atom. The Kier molecular flexibility index (Phi) is 4.12. The van der Waals surface area contributed by atoms with E-state index in [2.05, 4.69) is 19.9 Å². The van der Waals surface area contributed by atoms with Gasteiger partial charge in [0.05, 0.1) is 16.9 Å². The Hall–Kier alpha value is -2.65. The highest BCUT2D eigenvalue weighted by molar-refractivity contribution is 7.92. The van der Waals surface area contributed by atoms with Gasteiger partial charge in [-0.25, -0.2) is 8.42 Å². The van der Waals surface area contributed by atoms with Gasteiger partial charge in [-0.2, -0.15) is 0 Å². The van der Waals surface area contributed by atoms with Crippen LogP contribution >= 0.6 is 11.6 Å². The van der Waals surface area contributed by atoms with E-state index in [4.69, 9.17) is 11.6 Å². The van der Waals surface area contributed by atoms with Crippen LogP contribution in [0.25, 0.3) is 11.4 Å². The van der Waals surface area contributed by atoms with Crippen LogP contribution < -0.4 is 4.72 Å². The Balaban J connectivity index is 1.96. The Labute approximate surface area is 142 Å². The zero-order valence-electron chi connectivity index (χ0n) is 12.4. The lowest BCUT2D eigenvalue weighted by Crippen LogP contribution is -2.13. The highest BCUT2D eigenvalue weighted by Crippen LogP contribution is 2.31. The maximum atomic E-state index is 12.4. The monoisotopic (exact) mass is 365 g/mol. The summed E-state index contributed by atoms with van der Waals surface area (Å²) in [6.45, 7) is 0. The van der Waals surface area contributed by atoms with Crippen molar-refractivity contribution in [2.75, 3.05) is 4.72 Å². The van der Waals surface area contributed by atoms with E-state index in [0.717, 1.165) is 0 Å². The number of hydrogen-bond acceptors (Lipinski definition) is 6. The zero-order valence-corrected chi connectivity index (χ0v) is 14.0. The molecule has 0 amide bonds. The second kappa shape index (κ2) is 6.10. The first-order valence-corrected chi connectivity index (χ1v) is 8.54. The van der Waals surface area contributed by atoms with Gasteiger partial charge in [0.1, 0.15) is 11.2 Å². The van der Waals surface area contributed by atoms with Crippen molar-refractivity contribution in [2.45, 2.75) is 4.90 Å². The number of phenolic OH excluding ortho intramolecular Hbond substituents is 1. The SMILES string of the molecule is Cn1cnnc1-c1cncc(NS(=O)(=O)c2cccc(Cl)c2O)c1. The molecule has 0 aliphatic heterocycles. The van der Waals surface area contributed by atoms with Gasteiger partial charge in [-0.1, -0.05) is 17.7 Å². The van der Waals surface area contributed by atoms with Crippen LogP contribution in [0, 0.1) is 0 Å². The standard InChI is InChI=1S/C14H12ClN5O3S/c1-20-8-17-18-14(20)9-5-10(7-16-6-9)19-24(22,23)12-4-2-3-11(15)13(12)21/h2-8,19,21H,1H3. The molecule has 0 unspecified atom stereocenters. The minimum Gasteiger partial charge on any atom is -0.505 e. The van der Waals surface area contributed by atoms with Gasteiger partial charge in [0.15, 0.2) is 11.6 Å². The van der Waals surface area contributed by atoms with Crippen LogP contribution in [-0.4, -0.2) is 33.3 Å². The number of pyridine rings is 1. The number of phenols is 1. The topological polar surface area (TPSA) is 110 Å². The predicted molar refractivity (Wildman–Crippen MR) is 88.2 cm³/mol. The number of benzene rings is 1. The summed E-state index contributed by atoms with van der Waals surface area (Å²) in [5, 5.41) is 17.5. The van der Waals surface area contributed by atoms with Crippen LogP contribution in [0.3, 0.4) is 0 Å². The van der Waals surface area contributed by atoms with Crippen molar-refractivity contribution in [3.05, 3.63) is 48.0 Å². The van der Waals surface area contributed by atoms with Crippen molar-refractivity contribution in [3.63, 3.8) is 0 Å². The average molecular weight is 366 g/mol. The molecular weight excluding hydrogens is 354 g/mol. The number of aromatic nitrogens is 4. The molecule has 2 N–H and O–H groups in total. The van der Waals surface area contributed by atoms with Crippen molar-refractivity contribution in [1.82, 2.24) is 19.7 Å². The molecular formula is C14H12ClN5O3S. The quantitative estimate of drug-likeness (QED) is 0.732. The molecule has 0 bridgehead atoms.